The van der Waals surface area contributed by atoms with Crippen LogP contribution in [0.4, 0.5) is 0 Å². The molecule has 6 heteroatoms. The van der Waals surface area contributed by atoms with E-state index in [2.05, 4.69) is 10.1 Å². The van der Waals surface area contributed by atoms with Gasteiger partial charge in [-0.2, -0.15) is 0 Å². The summed E-state index contributed by atoms with van der Waals surface area (Å²) < 4.78 is 6.07. The Morgan fingerprint density at radius 2 is 2.28 bits per heavy atom. The highest BCUT2D eigenvalue weighted by Gasteiger charge is 2.16. The Morgan fingerprint density at radius 1 is 1.56 bits per heavy atom. The molecule has 0 spiro atoms. The van der Waals surface area contributed by atoms with Gasteiger partial charge in [0.25, 0.3) is 5.56 Å². The lowest BCUT2D eigenvalue weighted by Crippen LogP contribution is -2.24. The molecule has 1 N–H and O–H groups in total. The van der Waals surface area contributed by atoms with Crippen molar-refractivity contribution < 1.29 is 9.53 Å². The Bertz CT molecular complexity index is 640. The van der Waals surface area contributed by atoms with Gasteiger partial charge in [-0.3, -0.25) is 9.89 Å². The molecule has 0 aliphatic rings. The van der Waals surface area contributed by atoms with E-state index in [-0.39, 0.29) is 18.1 Å². The molecule has 6 nitrogen and oxygen atoms in total. The lowest BCUT2D eigenvalue weighted by atomic mass is 10.1. The number of H-pyrrole nitrogens is 1. The monoisotopic (exact) mass is 249 g/mol. The smallest absolute Gasteiger partial charge is 0.345 e. The third kappa shape index (κ3) is 2.01. The maximum absolute atomic E-state index is 12.1. The minimum atomic E-state index is -0.648. The van der Waals surface area contributed by atoms with Crippen LogP contribution >= 0.6 is 0 Å². The highest BCUT2D eigenvalue weighted by atomic mass is 16.5. The standard InChI is InChI=1S/C12H15N3O3/c1-4-18-12(17)8-6-13-10-5-9(7(2)3)14-15(10)11(8)16/h5-7,14H,4H2,1-3H3. The molecule has 0 saturated carbocycles. The maximum Gasteiger partial charge on any atom is 0.345 e. The van der Waals surface area contributed by atoms with Crippen molar-refractivity contribution in [1.82, 2.24) is 14.6 Å². The lowest BCUT2D eigenvalue weighted by molar-refractivity contribution is 0.0523. The first-order valence-corrected chi connectivity index (χ1v) is 5.82. The van der Waals surface area contributed by atoms with Gasteiger partial charge in [-0.1, -0.05) is 13.8 Å². The Balaban J connectivity index is 2.57. The molecule has 2 rings (SSSR count). The Labute approximate surface area is 104 Å². The third-order valence-corrected chi connectivity index (χ3v) is 2.63. The molecule has 0 saturated heterocycles. The fourth-order valence-corrected chi connectivity index (χ4v) is 1.62. The van der Waals surface area contributed by atoms with Crippen LogP contribution < -0.4 is 5.56 Å². The van der Waals surface area contributed by atoms with Crippen molar-refractivity contribution in [2.24, 2.45) is 0 Å². The number of fused-ring (bicyclic) bond motifs is 1. The molecule has 0 unspecified atom stereocenters. The number of rotatable bonds is 3. The summed E-state index contributed by atoms with van der Waals surface area (Å²) in [6.07, 6.45) is 1.26. The average molecular weight is 249 g/mol. The highest BCUT2D eigenvalue weighted by Crippen LogP contribution is 2.12. The fraction of sp³-hybridized carbons (Fsp3) is 0.417. The summed E-state index contributed by atoms with van der Waals surface area (Å²) in [6.45, 7) is 5.92. The zero-order valence-corrected chi connectivity index (χ0v) is 10.6. The SMILES string of the molecule is CCOC(=O)c1cnc2cc(C(C)C)[nH]n2c1=O. The van der Waals surface area contributed by atoms with Crippen molar-refractivity contribution in [3.63, 3.8) is 0 Å². The van der Waals surface area contributed by atoms with E-state index in [1.54, 1.807) is 13.0 Å². The van der Waals surface area contributed by atoms with Gasteiger partial charge in [0, 0.05) is 18.0 Å². The van der Waals surface area contributed by atoms with Gasteiger partial charge in [-0.05, 0) is 12.8 Å². The van der Waals surface area contributed by atoms with Crippen LogP contribution in [-0.2, 0) is 4.74 Å². The van der Waals surface area contributed by atoms with Gasteiger partial charge < -0.3 is 4.74 Å². The normalized spacial score (nSPS) is 11.1. The van der Waals surface area contributed by atoms with Crippen LogP contribution in [0.25, 0.3) is 5.65 Å². The summed E-state index contributed by atoms with van der Waals surface area (Å²) in [5, 5.41) is 2.93. The summed E-state index contributed by atoms with van der Waals surface area (Å²) in [4.78, 5) is 27.7. The van der Waals surface area contributed by atoms with E-state index in [0.29, 0.717) is 5.65 Å². The number of hydrogen-bond acceptors (Lipinski definition) is 4. The number of esters is 1. The Morgan fingerprint density at radius 3 is 2.89 bits per heavy atom. The molecule has 0 amide bonds. The number of carbonyl (C=O) groups excluding carboxylic acids is 1. The van der Waals surface area contributed by atoms with Crippen LogP contribution in [0.2, 0.25) is 0 Å². The molecule has 0 aromatic carbocycles. The summed E-state index contributed by atoms with van der Waals surface area (Å²) in [5.74, 6) is -0.401. The van der Waals surface area contributed by atoms with E-state index >= 15 is 0 Å². The molecule has 0 aliphatic carbocycles. The fourth-order valence-electron chi connectivity index (χ4n) is 1.62. The molecule has 0 atom stereocenters. The largest absolute Gasteiger partial charge is 0.462 e. The molecule has 96 valence electrons. The summed E-state index contributed by atoms with van der Waals surface area (Å²) in [6, 6.07) is 1.79. The van der Waals surface area contributed by atoms with Gasteiger partial charge in [0.2, 0.25) is 0 Å². The van der Waals surface area contributed by atoms with Crippen LogP contribution in [-0.4, -0.2) is 27.2 Å². The Hall–Kier alpha value is -2.11. The third-order valence-electron chi connectivity index (χ3n) is 2.63. The molecule has 2 heterocycles. The zero-order valence-electron chi connectivity index (χ0n) is 10.6. The number of aromatic amines is 1. The molecule has 2 aromatic rings. The Kier molecular flexibility index (Phi) is 3.18. The van der Waals surface area contributed by atoms with Crippen molar-refractivity contribution in [3.05, 3.63) is 33.9 Å². The lowest BCUT2D eigenvalue weighted by Gasteiger charge is -2.01. The molecule has 2 aromatic heterocycles. The topological polar surface area (TPSA) is 76.5 Å². The average Bonchev–Trinajstić information content (AvgIpc) is 2.74. The van der Waals surface area contributed by atoms with Gasteiger partial charge in [0.05, 0.1) is 6.61 Å². The first-order valence-electron chi connectivity index (χ1n) is 5.82. The van der Waals surface area contributed by atoms with Crippen molar-refractivity contribution in [2.45, 2.75) is 26.7 Å². The molecule has 0 aliphatic heterocycles. The number of hydrogen-bond donors (Lipinski definition) is 1. The minimum Gasteiger partial charge on any atom is -0.462 e. The molecule has 0 radical (unpaired) electrons. The quantitative estimate of drug-likeness (QED) is 0.832. The van der Waals surface area contributed by atoms with Crippen molar-refractivity contribution in [3.8, 4) is 0 Å². The van der Waals surface area contributed by atoms with Crippen LogP contribution in [0, 0.1) is 0 Å². The van der Waals surface area contributed by atoms with Gasteiger partial charge in [-0.15, -0.1) is 0 Å². The number of aromatic nitrogens is 3. The van der Waals surface area contributed by atoms with Crippen molar-refractivity contribution in [2.75, 3.05) is 6.61 Å². The molecule has 0 bridgehead atoms. The van der Waals surface area contributed by atoms with Crippen LogP contribution in [0.5, 0.6) is 0 Å². The summed E-state index contributed by atoms with van der Waals surface area (Å²) in [7, 11) is 0. The second-order valence-electron chi connectivity index (χ2n) is 4.26. The highest BCUT2D eigenvalue weighted by molar-refractivity contribution is 5.88. The summed E-state index contributed by atoms with van der Waals surface area (Å²) >= 11 is 0. The van der Waals surface area contributed by atoms with E-state index < -0.39 is 11.5 Å². The first kappa shape index (κ1) is 12.3. The first-order chi connectivity index (χ1) is 8.54. The second-order valence-corrected chi connectivity index (χ2v) is 4.26. The van der Waals surface area contributed by atoms with Crippen molar-refractivity contribution in [1.29, 1.82) is 0 Å². The van der Waals surface area contributed by atoms with E-state index in [1.165, 1.54) is 10.7 Å². The predicted octanol–water partition coefficient (Wildman–Crippen LogP) is 1.32. The number of nitrogens with one attached hydrogen (secondary N) is 1. The van der Waals surface area contributed by atoms with Crippen LogP contribution in [0.1, 0.15) is 42.7 Å². The van der Waals surface area contributed by atoms with Gasteiger partial charge in [-0.25, -0.2) is 14.3 Å². The zero-order chi connectivity index (χ0) is 13.3. The van der Waals surface area contributed by atoms with E-state index in [0.717, 1.165) is 5.69 Å². The van der Waals surface area contributed by atoms with E-state index in [4.69, 9.17) is 4.74 Å². The van der Waals surface area contributed by atoms with Gasteiger partial charge in [0.1, 0.15) is 5.56 Å². The maximum atomic E-state index is 12.1. The molecule has 0 fully saturated rings. The van der Waals surface area contributed by atoms with E-state index in [9.17, 15) is 9.59 Å². The molecule has 18 heavy (non-hydrogen) atoms. The minimum absolute atomic E-state index is 0.0634. The van der Waals surface area contributed by atoms with Gasteiger partial charge >= 0.3 is 5.97 Å². The predicted molar refractivity (Wildman–Crippen MR) is 65.9 cm³/mol. The number of nitrogens with zero attached hydrogens (tertiary/aromatic N) is 2. The number of carbonyl (C=O) groups is 1. The van der Waals surface area contributed by atoms with E-state index in [1.807, 2.05) is 13.8 Å². The molecular formula is C12H15N3O3. The number of ether oxygens (including phenoxy) is 1. The summed E-state index contributed by atoms with van der Waals surface area (Å²) in [5.41, 5.74) is 0.884. The second kappa shape index (κ2) is 4.64. The van der Waals surface area contributed by atoms with Crippen LogP contribution in [0.3, 0.4) is 0 Å². The molecular weight excluding hydrogens is 234 g/mol. The van der Waals surface area contributed by atoms with Gasteiger partial charge in [0.15, 0.2) is 5.65 Å². The van der Waals surface area contributed by atoms with Crippen molar-refractivity contribution >= 4 is 11.6 Å². The van der Waals surface area contributed by atoms with Crippen LogP contribution in [0.15, 0.2) is 17.1 Å².